The Balaban J connectivity index is 4.30. The van der Waals surface area contributed by atoms with Crippen LogP contribution in [-0.4, -0.2) is 43.7 Å². The van der Waals surface area contributed by atoms with E-state index in [2.05, 4.69) is 0 Å². The molecule has 0 amide bonds. The molecule has 0 aliphatic rings. The zero-order valence-electron chi connectivity index (χ0n) is 7.34. The third-order valence-electron chi connectivity index (χ3n) is 1.35. The molecule has 0 heterocycles. The molecule has 0 aromatic carbocycles. The molecule has 0 aliphatic carbocycles. The molecular weight excluding hydrogens is 212 g/mol. The van der Waals surface area contributed by atoms with Crippen LogP contribution < -0.4 is 0 Å². The molecule has 6 nitrogen and oxygen atoms in total. The summed E-state index contributed by atoms with van der Waals surface area (Å²) in [7, 11) is 0. The molecule has 0 spiro atoms. The Morgan fingerprint density at radius 2 is 1.64 bits per heavy atom. The Hall–Kier alpha value is -1.24. The average molecular weight is 222 g/mol. The molecule has 0 aromatic heterocycles. The van der Waals surface area contributed by atoms with Crippen LogP contribution in [0, 0.1) is 0 Å². The summed E-state index contributed by atoms with van der Waals surface area (Å²) < 4.78 is 0. The second-order valence-electron chi connectivity index (χ2n) is 2.54. The monoisotopic (exact) mass is 222 g/mol. The van der Waals surface area contributed by atoms with E-state index in [1.807, 2.05) is 0 Å². The molecule has 2 atom stereocenters. The Kier molecular flexibility index (Phi) is 5.00. The maximum Gasteiger partial charge on any atom is 0.317 e. The lowest BCUT2D eigenvalue weighted by Gasteiger charge is -2.12. The van der Waals surface area contributed by atoms with E-state index in [4.69, 9.17) is 15.3 Å². The van der Waals surface area contributed by atoms with Crippen molar-refractivity contribution in [3.05, 3.63) is 0 Å². The van der Waals surface area contributed by atoms with Crippen molar-refractivity contribution in [3.8, 4) is 0 Å². The molecule has 3 N–H and O–H groups in total. The fourth-order valence-corrected chi connectivity index (χ4v) is 1.62. The molecule has 7 heteroatoms. The predicted molar refractivity (Wildman–Crippen MR) is 48.4 cm³/mol. The zero-order chi connectivity index (χ0) is 11.3. The average Bonchev–Trinajstić information content (AvgIpc) is 2.01. The zero-order valence-corrected chi connectivity index (χ0v) is 8.15. The summed E-state index contributed by atoms with van der Waals surface area (Å²) in [6.07, 6.45) is -0.586. The van der Waals surface area contributed by atoms with Gasteiger partial charge in [-0.2, -0.15) is 0 Å². The van der Waals surface area contributed by atoms with Gasteiger partial charge in [-0.1, -0.05) is 0 Å². The van der Waals surface area contributed by atoms with E-state index in [0.29, 0.717) is 11.8 Å². The van der Waals surface area contributed by atoms with Crippen LogP contribution in [-0.2, 0) is 14.4 Å². The van der Waals surface area contributed by atoms with Crippen molar-refractivity contribution < 1.29 is 29.7 Å². The third kappa shape index (κ3) is 4.70. The van der Waals surface area contributed by atoms with Gasteiger partial charge in [-0.15, -0.1) is 11.8 Å². The summed E-state index contributed by atoms with van der Waals surface area (Å²) >= 11 is 0.609. The highest BCUT2D eigenvalue weighted by molar-refractivity contribution is 8.01. The van der Waals surface area contributed by atoms with Crippen molar-refractivity contribution in [2.75, 3.05) is 0 Å². The minimum atomic E-state index is -1.31. The summed E-state index contributed by atoms with van der Waals surface area (Å²) in [4.78, 5) is 31.1. The van der Waals surface area contributed by atoms with Gasteiger partial charge in [0, 0.05) is 0 Å². The van der Waals surface area contributed by atoms with Crippen LogP contribution in [0.15, 0.2) is 0 Å². The number of carbonyl (C=O) groups is 3. The van der Waals surface area contributed by atoms with Crippen molar-refractivity contribution in [2.24, 2.45) is 0 Å². The van der Waals surface area contributed by atoms with Crippen LogP contribution in [0.25, 0.3) is 0 Å². The number of rotatable bonds is 6. The quantitative estimate of drug-likeness (QED) is 0.585. The van der Waals surface area contributed by atoms with Gasteiger partial charge in [0.1, 0.15) is 10.5 Å². The Morgan fingerprint density at radius 1 is 1.14 bits per heavy atom. The Bertz CT molecular complexity index is 251. The Morgan fingerprint density at radius 3 is 1.93 bits per heavy atom. The van der Waals surface area contributed by atoms with Crippen molar-refractivity contribution in [1.29, 1.82) is 0 Å². The van der Waals surface area contributed by atoms with Crippen molar-refractivity contribution >= 4 is 29.7 Å². The molecule has 0 aromatic rings. The molecule has 0 fully saturated rings. The van der Waals surface area contributed by atoms with Gasteiger partial charge in [-0.25, -0.2) is 0 Å². The molecule has 2 unspecified atom stereocenters. The highest BCUT2D eigenvalue weighted by Crippen LogP contribution is 2.21. The molecular formula is C7H10O6S. The molecule has 0 bridgehead atoms. The first-order valence-electron chi connectivity index (χ1n) is 3.67. The maximum absolute atomic E-state index is 10.5. The maximum atomic E-state index is 10.5. The molecule has 0 radical (unpaired) electrons. The lowest BCUT2D eigenvalue weighted by atomic mass is 10.3. The van der Waals surface area contributed by atoms with Gasteiger partial charge in [0.2, 0.25) is 0 Å². The normalized spacial score (nSPS) is 14.4. The second-order valence-corrected chi connectivity index (χ2v) is 4.09. The van der Waals surface area contributed by atoms with Gasteiger partial charge < -0.3 is 15.3 Å². The molecule has 0 aliphatic heterocycles. The van der Waals surface area contributed by atoms with Crippen LogP contribution in [0.1, 0.15) is 13.3 Å². The van der Waals surface area contributed by atoms with E-state index in [1.54, 1.807) is 0 Å². The van der Waals surface area contributed by atoms with Crippen LogP contribution in [0.3, 0.4) is 0 Å². The highest BCUT2D eigenvalue weighted by Gasteiger charge is 2.26. The molecule has 0 saturated carbocycles. The number of thioether (sulfide) groups is 1. The van der Waals surface area contributed by atoms with E-state index in [1.165, 1.54) is 6.92 Å². The molecule has 14 heavy (non-hydrogen) atoms. The van der Waals surface area contributed by atoms with E-state index in [9.17, 15) is 14.4 Å². The van der Waals surface area contributed by atoms with Crippen molar-refractivity contribution in [2.45, 2.75) is 23.8 Å². The predicted octanol–water partition coefficient (Wildman–Crippen LogP) is 0.121. The van der Waals surface area contributed by atoms with Crippen molar-refractivity contribution in [1.82, 2.24) is 0 Å². The number of hydrogen-bond acceptors (Lipinski definition) is 4. The second kappa shape index (κ2) is 5.48. The van der Waals surface area contributed by atoms with E-state index < -0.39 is 34.8 Å². The van der Waals surface area contributed by atoms with Gasteiger partial charge in [-0.3, -0.25) is 14.4 Å². The summed E-state index contributed by atoms with van der Waals surface area (Å²) in [6.45, 7) is 1.31. The standard InChI is InChI=1S/C7H10O6S/c1-3(6(10)11)14-4(7(12)13)2-5(8)9/h3-4H,2H2,1H3,(H,8,9)(H,10,11)(H,12,13). The van der Waals surface area contributed by atoms with Gasteiger partial charge >= 0.3 is 17.9 Å². The van der Waals surface area contributed by atoms with Crippen LogP contribution in [0.5, 0.6) is 0 Å². The first-order valence-corrected chi connectivity index (χ1v) is 4.61. The van der Waals surface area contributed by atoms with Gasteiger partial charge in [0.15, 0.2) is 0 Å². The van der Waals surface area contributed by atoms with Crippen LogP contribution in [0.2, 0.25) is 0 Å². The van der Waals surface area contributed by atoms with E-state index in [-0.39, 0.29) is 0 Å². The first kappa shape index (κ1) is 12.8. The van der Waals surface area contributed by atoms with Gasteiger partial charge in [0.05, 0.1) is 6.42 Å². The summed E-state index contributed by atoms with van der Waals surface area (Å²) in [5.74, 6) is -3.74. The van der Waals surface area contributed by atoms with Crippen LogP contribution in [0.4, 0.5) is 0 Å². The number of hydrogen-bond donors (Lipinski definition) is 3. The van der Waals surface area contributed by atoms with Gasteiger partial charge in [-0.05, 0) is 6.92 Å². The van der Waals surface area contributed by atoms with Crippen molar-refractivity contribution in [3.63, 3.8) is 0 Å². The van der Waals surface area contributed by atoms with E-state index >= 15 is 0 Å². The summed E-state index contributed by atoms with van der Waals surface area (Å²) in [6, 6.07) is 0. The number of carboxylic acid groups (broad SMARTS) is 3. The highest BCUT2D eigenvalue weighted by atomic mass is 32.2. The fourth-order valence-electron chi connectivity index (χ4n) is 0.657. The molecule has 0 rings (SSSR count). The summed E-state index contributed by atoms with van der Waals surface area (Å²) in [5, 5.41) is 23.3. The topological polar surface area (TPSA) is 112 Å². The fraction of sp³-hybridized carbons (Fsp3) is 0.571. The minimum absolute atomic E-state index is 0.586. The smallest absolute Gasteiger partial charge is 0.317 e. The number of aliphatic carboxylic acids is 3. The first-order chi connectivity index (χ1) is 6.34. The SMILES string of the molecule is CC(SC(CC(=O)O)C(=O)O)C(=O)O. The largest absolute Gasteiger partial charge is 0.481 e. The third-order valence-corrected chi connectivity index (χ3v) is 2.66. The van der Waals surface area contributed by atoms with E-state index in [0.717, 1.165) is 0 Å². The minimum Gasteiger partial charge on any atom is -0.481 e. The molecule has 80 valence electrons. The Labute approximate surface area is 83.9 Å². The lowest BCUT2D eigenvalue weighted by Crippen LogP contribution is -2.25. The molecule has 0 saturated heterocycles. The van der Waals surface area contributed by atoms with Gasteiger partial charge in [0.25, 0.3) is 0 Å². The lowest BCUT2D eigenvalue weighted by molar-refractivity contribution is -0.143. The van der Waals surface area contributed by atoms with Crippen LogP contribution >= 0.6 is 11.8 Å². The number of carboxylic acids is 3. The summed E-state index contributed by atoms with van der Waals surface area (Å²) in [5.41, 5.74) is 0.